The second kappa shape index (κ2) is 7.61. The zero-order chi connectivity index (χ0) is 15.9. The normalized spacial score (nSPS) is 19.1. The van der Waals surface area contributed by atoms with Crippen LogP contribution < -0.4 is 15.8 Å². The molecule has 0 aromatic heterocycles. The van der Waals surface area contributed by atoms with Crippen LogP contribution in [0.15, 0.2) is 30.3 Å². The lowest BCUT2D eigenvalue weighted by atomic mass is 10.1. The van der Waals surface area contributed by atoms with Gasteiger partial charge in [0.1, 0.15) is 5.75 Å². The van der Waals surface area contributed by atoms with E-state index >= 15 is 0 Å². The second-order valence-corrected chi connectivity index (χ2v) is 5.12. The Morgan fingerprint density at radius 2 is 2.27 bits per heavy atom. The number of benzene rings is 1. The quantitative estimate of drug-likeness (QED) is 0.796. The van der Waals surface area contributed by atoms with Gasteiger partial charge in [0.25, 0.3) is 0 Å². The van der Waals surface area contributed by atoms with E-state index in [9.17, 15) is 9.59 Å². The van der Waals surface area contributed by atoms with Crippen molar-refractivity contribution >= 4 is 17.9 Å². The fraction of sp³-hybridized carbons (Fsp3) is 0.375. The lowest BCUT2D eigenvalue weighted by Crippen LogP contribution is -2.56. The molecule has 1 atom stereocenters. The number of carbonyl (C=O) groups excluding carboxylic acids is 2. The second-order valence-electron chi connectivity index (χ2n) is 5.12. The van der Waals surface area contributed by atoms with E-state index in [1.807, 2.05) is 41.3 Å². The molecule has 1 saturated heterocycles. The van der Waals surface area contributed by atoms with Crippen LogP contribution in [0.3, 0.4) is 0 Å². The van der Waals surface area contributed by atoms with Crippen LogP contribution in [0.25, 0.3) is 6.08 Å². The van der Waals surface area contributed by atoms with E-state index < -0.39 is 11.9 Å². The van der Waals surface area contributed by atoms with Crippen LogP contribution in [0.2, 0.25) is 0 Å². The van der Waals surface area contributed by atoms with E-state index in [2.05, 4.69) is 5.32 Å². The Hall–Kier alpha value is -2.34. The first-order valence-electron chi connectivity index (χ1n) is 7.21. The van der Waals surface area contributed by atoms with Crippen LogP contribution in [0.4, 0.5) is 0 Å². The number of hydrogen-bond donors (Lipinski definition) is 2. The van der Waals surface area contributed by atoms with Gasteiger partial charge in [0.15, 0.2) is 0 Å². The highest BCUT2D eigenvalue weighted by atomic mass is 16.5. The van der Waals surface area contributed by atoms with Crippen molar-refractivity contribution in [3.05, 3.63) is 35.9 Å². The first-order valence-corrected chi connectivity index (χ1v) is 7.21. The number of methoxy groups -OCH3 is 1. The highest BCUT2D eigenvalue weighted by molar-refractivity contribution is 5.88. The standard InChI is InChI=1S/C16H21N3O3/c1-22-14-7-3-2-5-12(14)6-4-9-19-10-8-18-16(21)13(19)11-15(17)20/h2-7,13H,8-11H2,1H3,(H2,17,20)(H,18,21)/b6-4+. The minimum atomic E-state index is -0.492. The molecule has 0 bridgehead atoms. The van der Waals surface area contributed by atoms with Gasteiger partial charge in [-0.05, 0) is 6.07 Å². The average molecular weight is 303 g/mol. The maximum absolute atomic E-state index is 11.9. The number of para-hydroxylation sites is 1. The molecular formula is C16H21N3O3. The van der Waals surface area contributed by atoms with E-state index in [4.69, 9.17) is 10.5 Å². The van der Waals surface area contributed by atoms with Crippen LogP contribution >= 0.6 is 0 Å². The van der Waals surface area contributed by atoms with Crippen LogP contribution in [0, 0.1) is 0 Å². The van der Waals surface area contributed by atoms with Crippen molar-refractivity contribution in [3.8, 4) is 5.75 Å². The summed E-state index contributed by atoms with van der Waals surface area (Å²) < 4.78 is 5.29. The van der Waals surface area contributed by atoms with Gasteiger partial charge in [0.05, 0.1) is 19.6 Å². The maximum atomic E-state index is 11.9. The van der Waals surface area contributed by atoms with Gasteiger partial charge in [-0.3, -0.25) is 14.5 Å². The molecule has 6 heteroatoms. The minimum Gasteiger partial charge on any atom is -0.496 e. The molecule has 1 aliphatic heterocycles. The molecule has 1 aliphatic rings. The van der Waals surface area contributed by atoms with Gasteiger partial charge in [-0.15, -0.1) is 0 Å². The number of nitrogens with two attached hydrogens (primary N) is 1. The summed E-state index contributed by atoms with van der Waals surface area (Å²) in [5, 5.41) is 2.76. The molecule has 0 aliphatic carbocycles. The Morgan fingerprint density at radius 1 is 1.50 bits per heavy atom. The Kier molecular flexibility index (Phi) is 5.55. The maximum Gasteiger partial charge on any atom is 0.237 e. The van der Waals surface area contributed by atoms with Crippen LogP contribution in [-0.2, 0) is 9.59 Å². The zero-order valence-electron chi connectivity index (χ0n) is 12.6. The minimum absolute atomic E-state index is 0.0360. The van der Waals surface area contributed by atoms with Gasteiger partial charge in [-0.2, -0.15) is 0 Å². The van der Waals surface area contributed by atoms with Crippen LogP contribution in [0.1, 0.15) is 12.0 Å². The van der Waals surface area contributed by atoms with Crippen molar-refractivity contribution in [2.45, 2.75) is 12.5 Å². The summed E-state index contributed by atoms with van der Waals surface area (Å²) in [6, 6.07) is 7.21. The SMILES string of the molecule is COc1ccccc1/C=C/CN1CCNC(=O)C1CC(N)=O. The molecule has 2 rings (SSSR count). The van der Waals surface area contributed by atoms with Gasteiger partial charge < -0.3 is 15.8 Å². The molecule has 1 fully saturated rings. The van der Waals surface area contributed by atoms with Gasteiger partial charge in [-0.1, -0.05) is 30.4 Å². The van der Waals surface area contributed by atoms with Gasteiger partial charge >= 0.3 is 0 Å². The van der Waals surface area contributed by atoms with E-state index in [0.717, 1.165) is 11.3 Å². The molecule has 1 heterocycles. The fourth-order valence-corrected chi connectivity index (χ4v) is 2.51. The van der Waals surface area contributed by atoms with E-state index in [1.165, 1.54) is 0 Å². The number of piperazine rings is 1. The molecule has 2 amide bonds. The molecule has 3 N–H and O–H groups in total. The third-order valence-electron chi connectivity index (χ3n) is 3.61. The molecule has 1 aromatic carbocycles. The van der Waals surface area contributed by atoms with Crippen molar-refractivity contribution < 1.29 is 14.3 Å². The molecule has 0 saturated carbocycles. The van der Waals surface area contributed by atoms with Crippen molar-refractivity contribution in [2.24, 2.45) is 5.73 Å². The van der Waals surface area contributed by atoms with Gasteiger partial charge in [0.2, 0.25) is 11.8 Å². The van der Waals surface area contributed by atoms with Crippen molar-refractivity contribution in [2.75, 3.05) is 26.7 Å². The smallest absolute Gasteiger partial charge is 0.237 e. The molecule has 22 heavy (non-hydrogen) atoms. The summed E-state index contributed by atoms with van der Waals surface area (Å²) in [6.45, 7) is 1.85. The van der Waals surface area contributed by atoms with E-state index in [1.54, 1.807) is 7.11 Å². The lowest BCUT2D eigenvalue weighted by molar-refractivity contribution is -0.132. The topological polar surface area (TPSA) is 84.7 Å². The highest BCUT2D eigenvalue weighted by Crippen LogP contribution is 2.19. The molecular weight excluding hydrogens is 282 g/mol. The predicted molar refractivity (Wildman–Crippen MR) is 84.2 cm³/mol. The number of nitrogens with one attached hydrogen (secondary N) is 1. The van der Waals surface area contributed by atoms with Gasteiger partial charge in [-0.25, -0.2) is 0 Å². The first kappa shape index (κ1) is 16.0. The summed E-state index contributed by atoms with van der Waals surface area (Å²) in [4.78, 5) is 24.9. The molecule has 6 nitrogen and oxygen atoms in total. The Balaban J connectivity index is 2.03. The van der Waals surface area contributed by atoms with Crippen LogP contribution in [0.5, 0.6) is 5.75 Å². The van der Waals surface area contributed by atoms with Crippen molar-refractivity contribution in [1.29, 1.82) is 0 Å². The molecule has 0 radical (unpaired) electrons. The number of ether oxygens (including phenoxy) is 1. The van der Waals surface area contributed by atoms with Crippen molar-refractivity contribution in [1.82, 2.24) is 10.2 Å². The van der Waals surface area contributed by atoms with E-state index in [-0.39, 0.29) is 12.3 Å². The Bertz CT molecular complexity index is 572. The van der Waals surface area contributed by atoms with Gasteiger partial charge in [0, 0.05) is 25.2 Å². The molecule has 1 aromatic rings. The summed E-state index contributed by atoms with van der Waals surface area (Å²) >= 11 is 0. The zero-order valence-corrected chi connectivity index (χ0v) is 12.6. The number of rotatable bonds is 6. The van der Waals surface area contributed by atoms with E-state index in [0.29, 0.717) is 19.6 Å². The Morgan fingerprint density at radius 3 is 3.00 bits per heavy atom. The molecule has 0 spiro atoms. The number of primary amides is 1. The predicted octanol–water partition coefficient (Wildman–Crippen LogP) is 0.384. The first-order chi connectivity index (χ1) is 10.6. The summed E-state index contributed by atoms with van der Waals surface area (Å²) in [5.41, 5.74) is 6.20. The highest BCUT2D eigenvalue weighted by Gasteiger charge is 2.29. The van der Waals surface area contributed by atoms with Crippen LogP contribution in [-0.4, -0.2) is 49.5 Å². The fourth-order valence-electron chi connectivity index (χ4n) is 2.51. The Labute approximate surface area is 129 Å². The molecule has 1 unspecified atom stereocenters. The largest absolute Gasteiger partial charge is 0.496 e. The number of carbonyl (C=O) groups is 2. The number of nitrogens with zero attached hydrogens (tertiary/aromatic N) is 1. The summed E-state index contributed by atoms with van der Waals surface area (Å²) in [7, 11) is 1.63. The number of hydrogen-bond acceptors (Lipinski definition) is 4. The third-order valence-corrected chi connectivity index (χ3v) is 3.61. The summed E-state index contributed by atoms with van der Waals surface area (Å²) in [6.07, 6.45) is 3.95. The molecule has 118 valence electrons. The average Bonchev–Trinajstić information content (AvgIpc) is 2.50. The third kappa shape index (κ3) is 4.08. The monoisotopic (exact) mass is 303 g/mol. The lowest BCUT2D eigenvalue weighted by Gasteiger charge is -2.33. The summed E-state index contributed by atoms with van der Waals surface area (Å²) in [5.74, 6) is 0.181. The van der Waals surface area contributed by atoms with Crippen molar-refractivity contribution in [3.63, 3.8) is 0 Å². The number of amides is 2.